The van der Waals surface area contributed by atoms with E-state index >= 15 is 0 Å². The van der Waals surface area contributed by atoms with Gasteiger partial charge in [0.1, 0.15) is 5.75 Å². The van der Waals surface area contributed by atoms with Gasteiger partial charge in [-0.15, -0.1) is 6.58 Å². The standard InChI is InChI=1S/C29H37N7O/c1-7-8-14-30-24-18-25(28(37-6)19-27(24)35(4)17-16-34(2)3)33-29-31-15-13-23(32-29)22-20-36(5)26-12-10-9-11-21(22)26/h7,9-13,15,18-20,30H,1,8,14,16-17H2,2-6H3,(H,31,32,33). The van der Waals surface area contributed by atoms with Gasteiger partial charge >= 0.3 is 0 Å². The van der Waals surface area contributed by atoms with Crippen molar-refractivity contribution in [2.45, 2.75) is 6.42 Å². The zero-order chi connectivity index (χ0) is 26.4. The SMILES string of the molecule is C=CCCNc1cc(Nc2nccc(-c3cn(C)c4ccccc34)n2)c(OC)cc1N(C)CCN(C)C. The van der Waals surface area contributed by atoms with E-state index in [1.807, 2.05) is 18.2 Å². The number of hydrogen-bond acceptors (Lipinski definition) is 7. The Balaban J connectivity index is 1.67. The van der Waals surface area contributed by atoms with E-state index in [0.29, 0.717) is 5.95 Å². The first-order chi connectivity index (χ1) is 17.9. The van der Waals surface area contributed by atoms with Crippen molar-refractivity contribution in [2.24, 2.45) is 7.05 Å². The van der Waals surface area contributed by atoms with Crippen LogP contribution in [0.15, 0.2) is 67.5 Å². The number of anilines is 4. The van der Waals surface area contributed by atoms with Gasteiger partial charge in [-0.3, -0.25) is 0 Å². The van der Waals surface area contributed by atoms with E-state index in [2.05, 4.69) is 101 Å². The molecule has 0 radical (unpaired) electrons. The number of fused-ring (bicyclic) bond motifs is 1. The molecule has 8 nitrogen and oxygen atoms in total. The van der Waals surface area contributed by atoms with Crippen LogP contribution in [0.3, 0.4) is 0 Å². The van der Waals surface area contributed by atoms with Gasteiger partial charge in [-0.2, -0.15) is 0 Å². The highest BCUT2D eigenvalue weighted by molar-refractivity contribution is 5.95. The van der Waals surface area contributed by atoms with Gasteiger partial charge in [-0.05, 0) is 38.7 Å². The Bertz CT molecular complexity index is 1360. The lowest BCUT2D eigenvalue weighted by molar-refractivity contribution is 0.413. The summed E-state index contributed by atoms with van der Waals surface area (Å²) >= 11 is 0. The molecule has 2 aromatic heterocycles. The maximum Gasteiger partial charge on any atom is 0.227 e. The lowest BCUT2D eigenvalue weighted by Crippen LogP contribution is -2.29. The number of hydrogen-bond donors (Lipinski definition) is 2. The van der Waals surface area contributed by atoms with Crippen molar-refractivity contribution < 1.29 is 4.74 Å². The number of methoxy groups -OCH3 is 1. The van der Waals surface area contributed by atoms with Gasteiger partial charge in [-0.25, -0.2) is 9.97 Å². The fourth-order valence-electron chi connectivity index (χ4n) is 4.31. The van der Waals surface area contributed by atoms with E-state index in [0.717, 1.165) is 71.0 Å². The third-order valence-corrected chi connectivity index (χ3v) is 6.35. The number of aryl methyl sites for hydroxylation is 1. The van der Waals surface area contributed by atoms with Crippen molar-refractivity contribution in [1.29, 1.82) is 0 Å². The molecule has 0 aliphatic rings. The molecule has 4 rings (SSSR count). The van der Waals surface area contributed by atoms with E-state index in [9.17, 15) is 0 Å². The van der Waals surface area contributed by atoms with Crippen LogP contribution < -0.4 is 20.3 Å². The highest BCUT2D eigenvalue weighted by atomic mass is 16.5. The smallest absolute Gasteiger partial charge is 0.227 e. The first kappa shape index (κ1) is 26.0. The summed E-state index contributed by atoms with van der Waals surface area (Å²) in [7, 11) is 9.99. The number of aromatic nitrogens is 3. The fourth-order valence-corrected chi connectivity index (χ4v) is 4.31. The first-order valence-electron chi connectivity index (χ1n) is 12.5. The first-order valence-corrected chi connectivity index (χ1v) is 12.5. The Kier molecular flexibility index (Phi) is 8.30. The monoisotopic (exact) mass is 499 g/mol. The molecule has 0 amide bonds. The molecule has 0 aliphatic heterocycles. The number of benzene rings is 2. The third kappa shape index (κ3) is 6.03. The van der Waals surface area contributed by atoms with E-state index in [-0.39, 0.29) is 0 Å². The summed E-state index contributed by atoms with van der Waals surface area (Å²) in [5.74, 6) is 1.23. The normalized spacial score (nSPS) is 11.1. The van der Waals surface area contributed by atoms with Crippen LogP contribution in [0, 0.1) is 0 Å². The van der Waals surface area contributed by atoms with E-state index in [4.69, 9.17) is 9.72 Å². The molecule has 37 heavy (non-hydrogen) atoms. The number of rotatable bonds is 12. The Morgan fingerprint density at radius 1 is 1.08 bits per heavy atom. The minimum Gasteiger partial charge on any atom is -0.494 e. The topological polar surface area (TPSA) is 70.5 Å². The molecule has 8 heteroatoms. The summed E-state index contributed by atoms with van der Waals surface area (Å²) in [6, 6.07) is 14.4. The van der Waals surface area contributed by atoms with Crippen LogP contribution >= 0.6 is 0 Å². The molecule has 0 bridgehead atoms. The van der Waals surface area contributed by atoms with Crippen LogP contribution in [-0.4, -0.2) is 67.3 Å². The lowest BCUT2D eigenvalue weighted by atomic mass is 10.1. The Hall–Kier alpha value is -4.04. The number of nitrogens with zero attached hydrogens (tertiary/aromatic N) is 5. The minimum absolute atomic E-state index is 0.509. The van der Waals surface area contributed by atoms with Crippen LogP contribution in [0.25, 0.3) is 22.2 Å². The minimum atomic E-state index is 0.509. The van der Waals surface area contributed by atoms with Crippen molar-refractivity contribution in [2.75, 3.05) is 63.4 Å². The predicted octanol–water partition coefficient (Wildman–Crippen LogP) is 5.37. The summed E-state index contributed by atoms with van der Waals surface area (Å²) in [6.45, 7) is 6.46. The molecule has 2 N–H and O–H groups in total. The number of para-hydroxylation sites is 1. The largest absolute Gasteiger partial charge is 0.494 e. The Morgan fingerprint density at radius 3 is 2.65 bits per heavy atom. The maximum atomic E-state index is 5.79. The van der Waals surface area contributed by atoms with E-state index in [1.165, 1.54) is 0 Å². The fraction of sp³-hybridized carbons (Fsp3) is 0.310. The molecule has 2 heterocycles. The molecule has 0 saturated heterocycles. The highest BCUT2D eigenvalue weighted by Gasteiger charge is 2.16. The molecule has 0 saturated carbocycles. The molecular weight excluding hydrogens is 462 g/mol. The third-order valence-electron chi connectivity index (χ3n) is 6.35. The molecule has 0 fully saturated rings. The van der Waals surface area contributed by atoms with Gasteiger partial charge in [0.15, 0.2) is 0 Å². The summed E-state index contributed by atoms with van der Waals surface area (Å²) in [6.07, 6.45) is 6.67. The number of nitrogens with one attached hydrogen (secondary N) is 2. The van der Waals surface area contributed by atoms with Crippen LogP contribution in [0.1, 0.15) is 6.42 Å². The maximum absolute atomic E-state index is 5.79. The lowest BCUT2D eigenvalue weighted by Gasteiger charge is -2.26. The zero-order valence-electron chi connectivity index (χ0n) is 22.5. The summed E-state index contributed by atoms with van der Waals surface area (Å²) in [5.41, 5.74) is 5.97. The summed E-state index contributed by atoms with van der Waals surface area (Å²) in [4.78, 5) is 13.8. The number of ether oxygens (including phenoxy) is 1. The van der Waals surface area contributed by atoms with Gasteiger partial charge in [-0.1, -0.05) is 24.3 Å². The van der Waals surface area contributed by atoms with Gasteiger partial charge in [0, 0.05) is 68.7 Å². The molecule has 0 unspecified atom stereocenters. The van der Waals surface area contributed by atoms with E-state index in [1.54, 1.807) is 13.3 Å². The van der Waals surface area contributed by atoms with Crippen molar-refractivity contribution in [1.82, 2.24) is 19.4 Å². The van der Waals surface area contributed by atoms with Gasteiger partial charge in [0.2, 0.25) is 5.95 Å². The zero-order valence-corrected chi connectivity index (χ0v) is 22.5. The molecular formula is C29H37N7O. The van der Waals surface area contributed by atoms with Crippen molar-refractivity contribution in [3.8, 4) is 17.0 Å². The van der Waals surface area contributed by atoms with Gasteiger partial charge in [0.05, 0.1) is 29.9 Å². The van der Waals surface area contributed by atoms with Crippen molar-refractivity contribution >= 4 is 33.9 Å². The Morgan fingerprint density at radius 2 is 1.89 bits per heavy atom. The van der Waals surface area contributed by atoms with Gasteiger partial charge < -0.3 is 29.7 Å². The molecule has 0 atom stereocenters. The summed E-state index contributed by atoms with van der Waals surface area (Å²) < 4.78 is 7.91. The van der Waals surface area contributed by atoms with Crippen LogP contribution in [0.5, 0.6) is 5.75 Å². The molecule has 0 spiro atoms. The van der Waals surface area contributed by atoms with Crippen LogP contribution in [0.4, 0.5) is 23.0 Å². The van der Waals surface area contributed by atoms with Gasteiger partial charge in [0.25, 0.3) is 0 Å². The van der Waals surface area contributed by atoms with Crippen molar-refractivity contribution in [3.05, 3.63) is 67.5 Å². The van der Waals surface area contributed by atoms with Crippen molar-refractivity contribution in [3.63, 3.8) is 0 Å². The molecule has 4 aromatic rings. The molecule has 194 valence electrons. The molecule has 2 aromatic carbocycles. The Labute approximate surface area is 219 Å². The number of likely N-dealkylation sites (N-methyl/N-ethyl adjacent to an activating group) is 2. The average molecular weight is 500 g/mol. The highest BCUT2D eigenvalue weighted by Crippen LogP contribution is 2.38. The average Bonchev–Trinajstić information content (AvgIpc) is 3.24. The van der Waals surface area contributed by atoms with E-state index < -0.39 is 0 Å². The second-order valence-electron chi connectivity index (χ2n) is 9.36. The predicted molar refractivity (Wildman–Crippen MR) is 155 cm³/mol. The molecule has 0 aliphatic carbocycles. The quantitative estimate of drug-likeness (QED) is 0.200. The second-order valence-corrected chi connectivity index (χ2v) is 9.36. The second kappa shape index (κ2) is 11.8. The summed E-state index contributed by atoms with van der Waals surface area (Å²) in [5, 5.41) is 8.11. The van der Waals surface area contributed by atoms with Crippen LogP contribution in [0.2, 0.25) is 0 Å². The van der Waals surface area contributed by atoms with Crippen LogP contribution in [-0.2, 0) is 7.05 Å².